The van der Waals surface area contributed by atoms with Crippen molar-refractivity contribution < 1.29 is 9.59 Å². The summed E-state index contributed by atoms with van der Waals surface area (Å²) in [6.45, 7) is 5.02. The predicted octanol–water partition coefficient (Wildman–Crippen LogP) is 2.42. The molecule has 1 aliphatic rings. The van der Waals surface area contributed by atoms with E-state index < -0.39 is 0 Å². The molecule has 24 heavy (non-hydrogen) atoms. The molecular formula is C19H21N3O2. The third-order valence-electron chi connectivity index (χ3n) is 4.04. The summed E-state index contributed by atoms with van der Waals surface area (Å²) in [5.41, 5.74) is 3.04. The average Bonchev–Trinajstić information content (AvgIpc) is 2.60. The molecule has 124 valence electrons. The van der Waals surface area contributed by atoms with Crippen LogP contribution in [0.25, 0.3) is 0 Å². The molecule has 0 aliphatic carbocycles. The molecule has 3 rings (SSSR count). The molecule has 0 radical (unpaired) electrons. The lowest BCUT2D eigenvalue weighted by molar-refractivity contribution is 0.0728. The molecule has 1 aromatic carbocycles. The zero-order chi connectivity index (χ0) is 17.1. The lowest BCUT2D eigenvalue weighted by atomic mass is 10.00. The van der Waals surface area contributed by atoms with Crippen LogP contribution in [0.2, 0.25) is 0 Å². The number of hydrogen-bond donors (Lipinski definition) is 1. The van der Waals surface area contributed by atoms with Gasteiger partial charge in [-0.2, -0.15) is 0 Å². The quantitative estimate of drug-likeness (QED) is 0.943. The molecule has 0 atom stereocenters. The van der Waals surface area contributed by atoms with Gasteiger partial charge in [0.25, 0.3) is 11.8 Å². The van der Waals surface area contributed by atoms with Crippen LogP contribution >= 0.6 is 0 Å². The molecule has 5 heteroatoms. The first-order valence-electron chi connectivity index (χ1n) is 8.18. The van der Waals surface area contributed by atoms with E-state index in [2.05, 4.69) is 22.4 Å². The summed E-state index contributed by atoms with van der Waals surface area (Å²) in [6.07, 6.45) is 0.843. The molecule has 2 amide bonds. The predicted molar refractivity (Wildman–Crippen MR) is 91.7 cm³/mol. The van der Waals surface area contributed by atoms with Crippen LogP contribution in [0.4, 0.5) is 0 Å². The number of benzene rings is 1. The van der Waals surface area contributed by atoms with Gasteiger partial charge in [0.2, 0.25) is 0 Å². The second-order valence-electron chi connectivity index (χ2n) is 6.28. The molecule has 5 nitrogen and oxygen atoms in total. The van der Waals surface area contributed by atoms with Gasteiger partial charge in [-0.05, 0) is 43.5 Å². The fraction of sp³-hybridized carbons (Fsp3) is 0.316. The largest absolute Gasteiger partial charge is 0.349 e. The summed E-state index contributed by atoms with van der Waals surface area (Å²) in [4.78, 5) is 30.8. The molecule has 0 fully saturated rings. The summed E-state index contributed by atoms with van der Waals surface area (Å²) in [7, 11) is 0. The van der Waals surface area contributed by atoms with Crippen LogP contribution in [0.1, 0.15) is 46.0 Å². The van der Waals surface area contributed by atoms with Gasteiger partial charge < -0.3 is 10.2 Å². The van der Waals surface area contributed by atoms with Gasteiger partial charge in [0.1, 0.15) is 11.4 Å². The highest BCUT2D eigenvalue weighted by Crippen LogP contribution is 2.19. The van der Waals surface area contributed by atoms with E-state index in [-0.39, 0.29) is 23.6 Å². The zero-order valence-corrected chi connectivity index (χ0v) is 14.0. The van der Waals surface area contributed by atoms with Crippen LogP contribution in [0.5, 0.6) is 0 Å². The van der Waals surface area contributed by atoms with Gasteiger partial charge in [0.05, 0.1) is 0 Å². The van der Waals surface area contributed by atoms with Crippen LogP contribution in [0.15, 0.2) is 42.5 Å². The summed E-state index contributed by atoms with van der Waals surface area (Å²) in [5.74, 6) is -0.396. The van der Waals surface area contributed by atoms with Crippen molar-refractivity contribution in [2.24, 2.45) is 0 Å². The number of hydrogen-bond acceptors (Lipinski definition) is 3. The van der Waals surface area contributed by atoms with E-state index in [0.717, 1.165) is 6.42 Å². The first-order valence-corrected chi connectivity index (χ1v) is 8.18. The Labute approximate surface area is 141 Å². The number of carbonyl (C=O) groups is 2. The highest BCUT2D eigenvalue weighted by atomic mass is 16.2. The Bertz CT molecular complexity index is 771. The van der Waals surface area contributed by atoms with Crippen LogP contribution in [0.3, 0.4) is 0 Å². The number of aromatic nitrogens is 1. The van der Waals surface area contributed by atoms with E-state index >= 15 is 0 Å². The first-order chi connectivity index (χ1) is 11.5. The number of amides is 2. The summed E-state index contributed by atoms with van der Waals surface area (Å²) >= 11 is 0. The molecule has 1 aliphatic heterocycles. The topological polar surface area (TPSA) is 62.3 Å². The molecule has 2 heterocycles. The summed E-state index contributed by atoms with van der Waals surface area (Å²) in [5, 5.41) is 2.79. The Balaban J connectivity index is 1.77. The van der Waals surface area contributed by atoms with E-state index in [1.165, 1.54) is 11.1 Å². The van der Waals surface area contributed by atoms with Crippen molar-refractivity contribution in [3.63, 3.8) is 0 Å². The minimum absolute atomic E-state index is 0.0252. The van der Waals surface area contributed by atoms with E-state index in [1.54, 1.807) is 23.1 Å². The third-order valence-corrected chi connectivity index (χ3v) is 4.04. The highest BCUT2D eigenvalue weighted by Gasteiger charge is 2.23. The summed E-state index contributed by atoms with van der Waals surface area (Å²) in [6, 6.07) is 13.2. The number of rotatable bonds is 3. The normalized spacial score (nSPS) is 13.5. The minimum atomic E-state index is -0.261. The molecule has 0 unspecified atom stereocenters. The fourth-order valence-electron chi connectivity index (χ4n) is 2.85. The van der Waals surface area contributed by atoms with Crippen LogP contribution < -0.4 is 5.32 Å². The highest BCUT2D eigenvalue weighted by molar-refractivity contribution is 5.96. The standard InChI is InChI=1S/C19H21N3O2/c1-13(2)20-18(23)16-8-5-9-17(21-16)19(24)22-11-10-14-6-3-4-7-15(14)12-22/h3-9,13H,10-12H2,1-2H3,(H,20,23). The van der Waals surface area contributed by atoms with Crippen molar-refractivity contribution in [1.82, 2.24) is 15.2 Å². The number of nitrogens with one attached hydrogen (secondary N) is 1. The van der Waals surface area contributed by atoms with Crippen LogP contribution in [-0.4, -0.2) is 34.3 Å². The molecular weight excluding hydrogens is 302 g/mol. The number of carbonyl (C=O) groups excluding carboxylic acids is 2. The second-order valence-corrected chi connectivity index (χ2v) is 6.28. The van der Waals surface area contributed by atoms with Crippen molar-refractivity contribution in [3.05, 3.63) is 65.0 Å². The van der Waals surface area contributed by atoms with Crippen molar-refractivity contribution in [2.75, 3.05) is 6.54 Å². The lowest BCUT2D eigenvalue weighted by Crippen LogP contribution is -2.37. The molecule has 0 saturated carbocycles. The molecule has 0 bridgehead atoms. The van der Waals surface area contributed by atoms with Crippen molar-refractivity contribution in [1.29, 1.82) is 0 Å². The van der Waals surface area contributed by atoms with Gasteiger partial charge in [0, 0.05) is 19.1 Å². The zero-order valence-electron chi connectivity index (χ0n) is 14.0. The smallest absolute Gasteiger partial charge is 0.272 e. The Morgan fingerprint density at radius 3 is 2.50 bits per heavy atom. The SMILES string of the molecule is CC(C)NC(=O)c1cccc(C(=O)N2CCc3ccccc3C2)n1. The van der Waals surface area contributed by atoms with Crippen molar-refractivity contribution in [2.45, 2.75) is 32.9 Å². The molecule has 1 aromatic heterocycles. The molecule has 0 saturated heterocycles. The van der Waals surface area contributed by atoms with Gasteiger partial charge >= 0.3 is 0 Å². The molecule has 0 spiro atoms. The van der Waals surface area contributed by atoms with Crippen molar-refractivity contribution in [3.8, 4) is 0 Å². The van der Waals surface area contributed by atoms with Gasteiger partial charge in [-0.1, -0.05) is 30.3 Å². The molecule has 2 aromatic rings. The van der Waals surface area contributed by atoms with Gasteiger partial charge in [-0.25, -0.2) is 4.98 Å². The van der Waals surface area contributed by atoms with E-state index in [9.17, 15) is 9.59 Å². The van der Waals surface area contributed by atoms with Gasteiger partial charge in [-0.3, -0.25) is 9.59 Å². The first kappa shape index (κ1) is 16.2. The van der Waals surface area contributed by atoms with Gasteiger partial charge in [-0.15, -0.1) is 0 Å². The minimum Gasteiger partial charge on any atom is -0.349 e. The Kier molecular flexibility index (Phi) is 4.60. The fourth-order valence-corrected chi connectivity index (χ4v) is 2.85. The molecule has 1 N–H and O–H groups in total. The Morgan fingerprint density at radius 1 is 1.04 bits per heavy atom. The number of nitrogens with zero attached hydrogens (tertiary/aromatic N) is 2. The van der Waals surface area contributed by atoms with E-state index in [0.29, 0.717) is 18.8 Å². The number of pyridine rings is 1. The summed E-state index contributed by atoms with van der Waals surface area (Å²) < 4.78 is 0. The lowest BCUT2D eigenvalue weighted by Gasteiger charge is -2.28. The maximum Gasteiger partial charge on any atom is 0.272 e. The van der Waals surface area contributed by atoms with Crippen LogP contribution in [0, 0.1) is 0 Å². The van der Waals surface area contributed by atoms with Crippen LogP contribution in [-0.2, 0) is 13.0 Å². The monoisotopic (exact) mass is 323 g/mol. The Hall–Kier alpha value is -2.69. The third kappa shape index (κ3) is 3.45. The van der Waals surface area contributed by atoms with E-state index in [4.69, 9.17) is 0 Å². The Morgan fingerprint density at radius 2 is 1.75 bits per heavy atom. The average molecular weight is 323 g/mol. The van der Waals surface area contributed by atoms with Crippen molar-refractivity contribution >= 4 is 11.8 Å². The van der Waals surface area contributed by atoms with E-state index in [1.807, 2.05) is 26.0 Å². The second kappa shape index (κ2) is 6.83. The number of fused-ring (bicyclic) bond motifs is 1. The maximum absolute atomic E-state index is 12.7. The van der Waals surface area contributed by atoms with Gasteiger partial charge in [0.15, 0.2) is 0 Å². The maximum atomic E-state index is 12.7.